The molecule has 1 aliphatic heterocycles. The standard InChI is InChI=1S/C20H21ClN2O3.C2H2O4/c1-15-4-2-7-18(12-15)26-14-19(24)22-8-10-23(11-9-22)20(25)16-5-3-6-17(21)13-16;3-1(4)2(5)6/h2-7,12-13H,8-11,14H2,1H3;(H,3,4)(H,5,6). The van der Waals surface area contributed by atoms with Crippen molar-refractivity contribution in [3.05, 3.63) is 64.7 Å². The molecule has 9 nitrogen and oxygen atoms in total. The lowest BCUT2D eigenvalue weighted by molar-refractivity contribution is -0.159. The monoisotopic (exact) mass is 462 g/mol. The van der Waals surface area contributed by atoms with E-state index in [-0.39, 0.29) is 18.4 Å². The molecule has 1 fully saturated rings. The van der Waals surface area contributed by atoms with Gasteiger partial charge in [-0.25, -0.2) is 9.59 Å². The molecule has 3 rings (SSSR count). The summed E-state index contributed by atoms with van der Waals surface area (Å²) in [4.78, 5) is 46.5. The van der Waals surface area contributed by atoms with Crippen LogP contribution in [0.15, 0.2) is 48.5 Å². The summed E-state index contributed by atoms with van der Waals surface area (Å²) in [5.74, 6) is -3.09. The lowest BCUT2D eigenvalue weighted by Gasteiger charge is -2.34. The molecule has 1 aliphatic rings. The predicted octanol–water partition coefficient (Wildman–Crippen LogP) is 2.17. The molecule has 2 aromatic carbocycles. The fourth-order valence-electron chi connectivity index (χ4n) is 2.90. The number of hydrogen-bond acceptors (Lipinski definition) is 5. The molecule has 32 heavy (non-hydrogen) atoms. The van der Waals surface area contributed by atoms with Crippen LogP contribution in [0.25, 0.3) is 0 Å². The van der Waals surface area contributed by atoms with E-state index >= 15 is 0 Å². The molecule has 0 atom stereocenters. The van der Waals surface area contributed by atoms with Gasteiger partial charge in [-0.15, -0.1) is 0 Å². The zero-order valence-corrected chi connectivity index (χ0v) is 18.1. The zero-order chi connectivity index (χ0) is 23.7. The summed E-state index contributed by atoms with van der Waals surface area (Å²) in [5, 5.41) is 15.3. The highest BCUT2D eigenvalue weighted by molar-refractivity contribution is 6.31. The Hall–Kier alpha value is -3.59. The van der Waals surface area contributed by atoms with Gasteiger partial charge in [0, 0.05) is 36.8 Å². The fourth-order valence-corrected chi connectivity index (χ4v) is 3.09. The fraction of sp³-hybridized carbons (Fsp3) is 0.273. The van der Waals surface area contributed by atoms with Crippen molar-refractivity contribution in [3.8, 4) is 5.75 Å². The maximum absolute atomic E-state index is 12.5. The number of nitrogens with zero attached hydrogens (tertiary/aromatic N) is 2. The zero-order valence-electron chi connectivity index (χ0n) is 17.4. The Bertz CT molecular complexity index is 976. The number of halogens is 1. The van der Waals surface area contributed by atoms with Gasteiger partial charge in [-0.2, -0.15) is 0 Å². The molecule has 170 valence electrons. The predicted molar refractivity (Wildman–Crippen MR) is 116 cm³/mol. The SMILES string of the molecule is Cc1cccc(OCC(=O)N2CCN(C(=O)c3cccc(Cl)c3)CC2)c1.O=C(O)C(=O)O. The van der Waals surface area contributed by atoms with Crippen molar-refractivity contribution in [2.75, 3.05) is 32.8 Å². The third kappa shape index (κ3) is 7.59. The maximum atomic E-state index is 12.5. The summed E-state index contributed by atoms with van der Waals surface area (Å²) in [6, 6.07) is 14.5. The Balaban J connectivity index is 0.000000534. The minimum Gasteiger partial charge on any atom is -0.484 e. The maximum Gasteiger partial charge on any atom is 0.414 e. The molecule has 2 amide bonds. The van der Waals surface area contributed by atoms with Crippen LogP contribution in [0, 0.1) is 6.92 Å². The van der Waals surface area contributed by atoms with Gasteiger partial charge in [0.1, 0.15) is 5.75 Å². The molecule has 1 heterocycles. The van der Waals surface area contributed by atoms with Gasteiger partial charge >= 0.3 is 11.9 Å². The molecular formula is C22H23ClN2O7. The minimum absolute atomic E-state index is 0.00565. The molecule has 0 bridgehead atoms. The Morgan fingerprint density at radius 1 is 0.906 bits per heavy atom. The van der Waals surface area contributed by atoms with Crippen molar-refractivity contribution >= 4 is 35.4 Å². The molecule has 0 aromatic heterocycles. The van der Waals surface area contributed by atoms with Crippen LogP contribution in [0.1, 0.15) is 15.9 Å². The third-order valence-corrected chi connectivity index (χ3v) is 4.76. The van der Waals surface area contributed by atoms with Crippen LogP contribution in [0.4, 0.5) is 0 Å². The van der Waals surface area contributed by atoms with E-state index in [1.165, 1.54) is 0 Å². The van der Waals surface area contributed by atoms with Gasteiger partial charge in [0.15, 0.2) is 6.61 Å². The number of carboxylic acid groups (broad SMARTS) is 2. The van der Waals surface area contributed by atoms with Crippen molar-refractivity contribution in [2.45, 2.75) is 6.92 Å². The highest BCUT2D eigenvalue weighted by Crippen LogP contribution is 2.15. The smallest absolute Gasteiger partial charge is 0.414 e. The molecule has 0 unspecified atom stereocenters. The Morgan fingerprint density at radius 2 is 1.50 bits per heavy atom. The minimum atomic E-state index is -1.82. The lowest BCUT2D eigenvalue weighted by Crippen LogP contribution is -2.51. The third-order valence-electron chi connectivity index (χ3n) is 4.53. The molecular weight excluding hydrogens is 440 g/mol. The highest BCUT2D eigenvalue weighted by Gasteiger charge is 2.25. The van der Waals surface area contributed by atoms with Crippen LogP contribution in [0.2, 0.25) is 5.02 Å². The summed E-state index contributed by atoms with van der Waals surface area (Å²) in [7, 11) is 0. The van der Waals surface area contributed by atoms with Crippen LogP contribution in [-0.2, 0) is 14.4 Å². The number of piperazine rings is 1. The van der Waals surface area contributed by atoms with Crippen molar-refractivity contribution < 1.29 is 34.1 Å². The number of hydrogen-bond donors (Lipinski definition) is 2. The van der Waals surface area contributed by atoms with E-state index in [1.807, 2.05) is 31.2 Å². The molecule has 0 saturated carbocycles. The Kier molecular flexibility index (Phi) is 9.03. The molecule has 0 aliphatic carbocycles. The molecule has 10 heteroatoms. The van der Waals surface area contributed by atoms with E-state index in [4.69, 9.17) is 36.1 Å². The molecule has 2 N–H and O–H groups in total. The number of benzene rings is 2. The first kappa shape index (κ1) is 24.7. The quantitative estimate of drug-likeness (QED) is 0.667. The number of aliphatic carboxylic acids is 2. The van der Waals surface area contributed by atoms with Gasteiger partial charge in [-0.05, 0) is 42.8 Å². The van der Waals surface area contributed by atoms with Gasteiger partial charge in [0.2, 0.25) is 0 Å². The number of ether oxygens (including phenoxy) is 1. The van der Waals surface area contributed by atoms with E-state index in [0.29, 0.717) is 42.5 Å². The van der Waals surface area contributed by atoms with Crippen LogP contribution in [-0.4, -0.2) is 76.6 Å². The average Bonchev–Trinajstić information content (AvgIpc) is 2.77. The number of amides is 2. The van der Waals surface area contributed by atoms with E-state index < -0.39 is 11.9 Å². The Labute approximate surface area is 189 Å². The molecule has 2 aromatic rings. The van der Waals surface area contributed by atoms with Crippen LogP contribution < -0.4 is 4.74 Å². The Morgan fingerprint density at radius 3 is 2.06 bits per heavy atom. The van der Waals surface area contributed by atoms with Crippen molar-refractivity contribution in [1.29, 1.82) is 0 Å². The second-order valence-corrected chi connectivity index (χ2v) is 7.34. The van der Waals surface area contributed by atoms with Gasteiger partial charge in [0.25, 0.3) is 11.8 Å². The number of carbonyl (C=O) groups excluding carboxylic acids is 2. The summed E-state index contributed by atoms with van der Waals surface area (Å²) in [6.45, 7) is 3.99. The van der Waals surface area contributed by atoms with Crippen molar-refractivity contribution in [3.63, 3.8) is 0 Å². The first-order valence-electron chi connectivity index (χ1n) is 9.65. The first-order chi connectivity index (χ1) is 15.2. The average molecular weight is 463 g/mol. The van der Waals surface area contributed by atoms with E-state index in [2.05, 4.69) is 0 Å². The van der Waals surface area contributed by atoms with Crippen LogP contribution in [0.3, 0.4) is 0 Å². The van der Waals surface area contributed by atoms with Crippen molar-refractivity contribution in [1.82, 2.24) is 9.80 Å². The molecule has 1 saturated heterocycles. The highest BCUT2D eigenvalue weighted by atomic mass is 35.5. The van der Waals surface area contributed by atoms with Gasteiger partial charge < -0.3 is 24.7 Å². The normalized spacial score (nSPS) is 12.9. The number of carbonyl (C=O) groups is 4. The van der Waals surface area contributed by atoms with Gasteiger partial charge in [-0.3, -0.25) is 9.59 Å². The topological polar surface area (TPSA) is 124 Å². The summed E-state index contributed by atoms with van der Waals surface area (Å²) in [6.07, 6.45) is 0. The number of carboxylic acids is 2. The van der Waals surface area contributed by atoms with Crippen LogP contribution in [0.5, 0.6) is 5.75 Å². The van der Waals surface area contributed by atoms with Gasteiger partial charge in [0.05, 0.1) is 0 Å². The van der Waals surface area contributed by atoms with E-state index in [0.717, 1.165) is 5.56 Å². The second-order valence-electron chi connectivity index (χ2n) is 6.90. The first-order valence-corrected chi connectivity index (χ1v) is 10.0. The second kappa shape index (κ2) is 11.7. The molecule has 0 spiro atoms. The lowest BCUT2D eigenvalue weighted by atomic mass is 10.2. The van der Waals surface area contributed by atoms with Crippen molar-refractivity contribution in [2.24, 2.45) is 0 Å². The summed E-state index contributed by atoms with van der Waals surface area (Å²) < 4.78 is 5.57. The van der Waals surface area contributed by atoms with E-state index in [1.54, 1.807) is 34.1 Å². The largest absolute Gasteiger partial charge is 0.484 e. The number of aryl methyl sites for hydroxylation is 1. The summed E-state index contributed by atoms with van der Waals surface area (Å²) >= 11 is 5.95. The molecule has 0 radical (unpaired) electrons. The number of rotatable bonds is 4. The van der Waals surface area contributed by atoms with Crippen LogP contribution >= 0.6 is 11.6 Å². The van der Waals surface area contributed by atoms with E-state index in [9.17, 15) is 9.59 Å². The van der Waals surface area contributed by atoms with Gasteiger partial charge in [-0.1, -0.05) is 29.8 Å². The summed E-state index contributed by atoms with van der Waals surface area (Å²) in [5.41, 5.74) is 1.66.